The van der Waals surface area contributed by atoms with Gasteiger partial charge in [0.2, 0.25) is 5.88 Å². The number of ether oxygens (including phenoxy) is 3. The van der Waals surface area contributed by atoms with E-state index in [4.69, 9.17) is 18.4 Å². The van der Waals surface area contributed by atoms with Gasteiger partial charge in [-0.3, -0.25) is 0 Å². The van der Waals surface area contributed by atoms with Crippen molar-refractivity contribution in [3.63, 3.8) is 0 Å². The first-order valence-electron chi connectivity index (χ1n) is 5.60. The summed E-state index contributed by atoms with van der Waals surface area (Å²) in [5, 5.41) is 2.01. The van der Waals surface area contributed by atoms with Gasteiger partial charge in [0, 0.05) is 6.08 Å². The molecule has 0 aromatic carbocycles. The third kappa shape index (κ3) is 3.85. The zero-order valence-corrected chi connectivity index (χ0v) is 10.2. The fourth-order valence-electron chi connectivity index (χ4n) is 1.24. The summed E-state index contributed by atoms with van der Waals surface area (Å²) in [7, 11) is 0. The molecule has 6 heteroatoms. The van der Waals surface area contributed by atoms with Gasteiger partial charge >= 0.3 is 0 Å². The van der Waals surface area contributed by atoms with Crippen LogP contribution in [0.1, 0.15) is 0 Å². The highest BCUT2D eigenvalue weighted by molar-refractivity contribution is 8.27. The molecule has 3 heterocycles. The minimum Gasteiger partial charge on any atom is -0.475 e. The van der Waals surface area contributed by atoms with Crippen molar-refractivity contribution in [3.05, 3.63) is 23.4 Å². The Balaban J connectivity index is 1.45. The zero-order valence-electron chi connectivity index (χ0n) is 9.32. The molecule has 0 radical (unpaired) electrons. The lowest BCUT2D eigenvalue weighted by Gasteiger charge is -2.10. The lowest BCUT2D eigenvalue weighted by Crippen LogP contribution is -2.00. The largest absolute Gasteiger partial charge is 0.475 e. The Morgan fingerprint density at radius 2 is 2.06 bits per heavy atom. The molecule has 2 saturated heterocycles. The molecule has 3 rings (SSSR count). The zero-order chi connectivity index (χ0) is 11.5. The quantitative estimate of drug-likeness (QED) is 0.572. The van der Waals surface area contributed by atoms with E-state index in [1.165, 1.54) is 0 Å². The molecule has 3 atom stereocenters. The molecular formula is C11H15NO4S. The average Bonchev–Trinajstić information content (AvgIpc) is 3.19. The van der Waals surface area contributed by atoms with Crippen LogP contribution in [0.4, 0.5) is 0 Å². The van der Waals surface area contributed by atoms with Crippen LogP contribution in [0.15, 0.2) is 28.4 Å². The number of hydrogen-bond donors (Lipinski definition) is 1. The first-order valence-corrected chi connectivity index (χ1v) is 7.00. The second kappa shape index (κ2) is 5.22. The predicted octanol–water partition coefficient (Wildman–Crippen LogP) is 1.13. The van der Waals surface area contributed by atoms with Crippen LogP contribution in [-0.2, 0) is 18.4 Å². The van der Waals surface area contributed by atoms with Crippen molar-refractivity contribution >= 4 is 16.7 Å². The fourth-order valence-corrected chi connectivity index (χ4v) is 2.29. The van der Waals surface area contributed by atoms with Gasteiger partial charge in [0.1, 0.15) is 18.8 Å². The van der Waals surface area contributed by atoms with Crippen LogP contribution in [0.25, 0.3) is 0 Å². The van der Waals surface area contributed by atoms with E-state index >= 15 is 0 Å². The molecule has 17 heavy (non-hydrogen) atoms. The lowest BCUT2D eigenvalue weighted by molar-refractivity contribution is 0.182. The molecule has 3 unspecified atom stereocenters. The number of thiol groups is 1. The van der Waals surface area contributed by atoms with E-state index in [-0.39, 0.29) is 6.10 Å². The molecule has 3 aliphatic rings. The summed E-state index contributed by atoms with van der Waals surface area (Å²) in [6.07, 6.45) is 4.31. The molecule has 3 aliphatic heterocycles. The third-order valence-corrected chi connectivity index (χ3v) is 3.66. The maximum absolute atomic E-state index is 5.66. The number of allylic oxidation sites excluding steroid dienone is 2. The first-order chi connectivity index (χ1) is 8.40. The Morgan fingerprint density at radius 3 is 2.82 bits per heavy atom. The van der Waals surface area contributed by atoms with Crippen molar-refractivity contribution in [1.29, 1.82) is 0 Å². The van der Waals surface area contributed by atoms with Gasteiger partial charge in [0.05, 0.1) is 25.4 Å². The predicted molar refractivity (Wildman–Crippen MR) is 66.1 cm³/mol. The highest BCUT2D eigenvalue weighted by Crippen LogP contribution is 2.29. The van der Waals surface area contributed by atoms with Gasteiger partial charge in [-0.2, -0.15) is 0 Å². The molecule has 0 N–H and O–H groups in total. The SMILES string of the molecule is C1=C[SH](OCC2CO2)C=NC(OCC2CO2)=C1. The van der Waals surface area contributed by atoms with Crippen LogP contribution in [0.5, 0.6) is 0 Å². The minimum absolute atomic E-state index is 0.253. The van der Waals surface area contributed by atoms with Gasteiger partial charge in [-0.05, 0) is 11.5 Å². The van der Waals surface area contributed by atoms with Crippen LogP contribution in [0, 0.1) is 0 Å². The monoisotopic (exact) mass is 257 g/mol. The summed E-state index contributed by atoms with van der Waals surface area (Å²) in [6.45, 7) is 2.84. The van der Waals surface area contributed by atoms with E-state index in [1.807, 2.05) is 17.6 Å². The lowest BCUT2D eigenvalue weighted by atomic mass is 10.5. The molecule has 2 fully saturated rings. The third-order valence-electron chi connectivity index (χ3n) is 2.40. The normalized spacial score (nSPS) is 36.2. The molecule has 0 aromatic rings. The van der Waals surface area contributed by atoms with Gasteiger partial charge in [-0.25, -0.2) is 4.99 Å². The van der Waals surface area contributed by atoms with Gasteiger partial charge in [-0.1, -0.05) is 11.2 Å². The van der Waals surface area contributed by atoms with Gasteiger partial charge < -0.3 is 18.4 Å². The molecule has 94 valence electrons. The van der Waals surface area contributed by atoms with Crippen molar-refractivity contribution in [2.45, 2.75) is 12.2 Å². The van der Waals surface area contributed by atoms with Gasteiger partial charge in [0.15, 0.2) is 0 Å². The summed E-state index contributed by atoms with van der Waals surface area (Å²) >= 11 is -0.743. The average molecular weight is 257 g/mol. The molecule has 0 aliphatic carbocycles. The van der Waals surface area contributed by atoms with E-state index in [0.29, 0.717) is 25.2 Å². The Hall–Kier alpha value is -0.820. The highest BCUT2D eigenvalue weighted by atomic mass is 32.2. The molecule has 0 aromatic heterocycles. The molecule has 5 nitrogen and oxygen atoms in total. The number of epoxide rings is 2. The topological polar surface area (TPSA) is 55.9 Å². The van der Waals surface area contributed by atoms with E-state index in [1.54, 1.807) is 5.55 Å². The van der Waals surface area contributed by atoms with Crippen molar-refractivity contribution in [2.24, 2.45) is 4.99 Å². The molecule has 0 saturated carbocycles. The summed E-state index contributed by atoms with van der Waals surface area (Å²) < 4.78 is 21.3. The maximum Gasteiger partial charge on any atom is 0.213 e. The van der Waals surface area contributed by atoms with Gasteiger partial charge in [-0.15, -0.1) is 0 Å². The van der Waals surface area contributed by atoms with Crippen LogP contribution in [0.2, 0.25) is 0 Å². The summed E-state index contributed by atoms with van der Waals surface area (Å²) in [4.78, 5) is 4.26. The molecule has 0 amide bonds. The minimum atomic E-state index is -0.743. The Morgan fingerprint density at radius 1 is 1.29 bits per heavy atom. The Labute approximate surface area is 103 Å². The standard InChI is InChI=1S/C11H15NO4S/c1-2-11(15-6-9-4-13-9)12-8-17(3-1)16-7-10-5-14-10/h1-3,8-10,17H,4-7H2. The Kier molecular flexibility index (Phi) is 3.46. The second-order valence-corrected chi connectivity index (χ2v) is 5.48. The van der Waals surface area contributed by atoms with E-state index in [2.05, 4.69) is 4.99 Å². The molecule has 0 spiro atoms. The number of nitrogens with zero attached hydrogens (tertiary/aromatic N) is 1. The van der Waals surface area contributed by atoms with Crippen LogP contribution < -0.4 is 0 Å². The van der Waals surface area contributed by atoms with Crippen LogP contribution in [0.3, 0.4) is 0 Å². The molecular weight excluding hydrogens is 242 g/mol. The number of rotatable bonds is 6. The fraction of sp³-hybridized carbons (Fsp3) is 0.545. The first kappa shape index (κ1) is 11.3. The van der Waals surface area contributed by atoms with E-state index in [9.17, 15) is 0 Å². The number of aliphatic imine (C=N–C) groups is 1. The van der Waals surface area contributed by atoms with Crippen molar-refractivity contribution in [2.75, 3.05) is 26.4 Å². The smallest absolute Gasteiger partial charge is 0.213 e. The van der Waals surface area contributed by atoms with Crippen molar-refractivity contribution < 1.29 is 18.4 Å². The van der Waals surface area contributed by atoms with Crippen molar-refractivity contribution in [1.82, 2.24) is 0 Å². The summed E-state index contributed by atoms with van der Waals surface area (Å²) in [5.41, 5.74) is 1.81. The van der Waals surface area contributed by atoms with Crippen LogP contribution in [-0.4, -0.2) is 44.2 Å². The summed E-state index contributed by atoms with van der Waals surface area (Å²) in [6, 6.07) is 0. The Bertz CT molecular complexity index is 360. The van der Waals surface area contributed by atoms with Crippen LogP contribution >= 0.6 is 11.2 Å². The van der Waals surface area contributed by atoms with E-state index in [0.717, 1.165) is 13.2 Å². The molecule has 0 bridgehead atoms. The van der Waals surface area contributed by atoms with Crippen molar-refractivity contribution in [3.8, 4) is 0 Å². The second-order valence-electron chi connectivity index (χ2n) is 3.97. The highest BCUT2D eigenvalue weighted by Gasteiger charge is 2.24. The number of hydrogen-bond acceptors (Lipinski definition) is 5. The summed E-state index contributed by atoms with van der Waals surface area (Å²) in [5.74, 6) is 0.619. The van der Waals surface area contributed by atoms with Gasteiger partial charge in [0.25, 0.3) is 0 Å². The van der Waals surface area contributed by atoms with E-state index < -0.39 is 11.2 Å². The maximum atomic E-state index is 5.66.